The van der Waals surface area contributed by atoms with Gasteiger partial charge in [-0.05, 0) is 42.2 Å². The maximum Gasteiger partial charge on any atom is 0.336 e. The van der Waals surface area contributed by atoms with Crippen LogP contribution in [0.4, 0.5) is 0 Å². The van der Waals surface area contributed by atoms with Gasteiger partial charge in [-0.2, -0.15) is 0 Å². The van der Waals surface area contributed by atoms with Gasteiger partial charge >= 0.3 is 5.63 Å². The molecule has 5 heteroatoms. The Labute approximate surface area is 163 Å². The smallest absolute Gasteiger partial charge is 0.336 e. The zero-order chi connectivity index (χ0) is 18.8. The van der Waals surface area contributed by atoms with Crippen LogP contribution in [0.15, 0.2) is 57.7 Å². The van der Waals surface area contributed by atoms with E-state index in [0.717, 1.165) is 42.6 Å². The van der Waals surface area contributed by atoms with Crippen molar-refractivity contribution in [1.29, 1.82) is 0 Å². The molecule has 0 saturated carbocycles. The number of hydrogen-bond donors (Lipinski definition) is 1. The fraction of sp³-hybridized carbons (Fsp3) is 0.318. The minimum absolute atomic E-state index is 0.321. The summed E-state index contributed by atoms with van der Waals surface area (Å²) in [5.41, 5.74) is 3.46. The topological polar surface area (TPSA) is 45.5 Å². The zero-order valence-corrected chi connectivity index (χ0v) is 16.1. The second kappa shape index (κ2) is 7.85. The lowest BCUT2D eigenvalue weighted by Crippen LogP contribution is -2.32. The largest absolute Gasteiger partial charge is 0.423 e. The molecule has 0 aliphatic carbocycles. The van der Waals surface area contributed by atoms with E-state index in [1.807, 2.05) is 25.1 Å². The first-order valence-corrected chi connectivity index (χ1v) is 9.69. The van der Waals surface area contributed by atoms with Gasteiger partial charge in [-0.15, -0.1) is 0 Å². The molecule has 27 heavy (non-hydrogen) atoms. The molecule has 0 radical (unpaired) electrons. The van der Waals surface area contributed by atoms with Gasteiger partial charge in [-0.25, -0.2) is 4.79 Å². The van der Waals surface area contributed by atoms with Crippen LogP contribution in [0.25, 0.3) is 11.0 Å². The first kappa shape index (κ1) is 18.2. The number of halogens is 1. The van der Waals surface area contributed by atoms with Crippen molar-refractivity contribution < 1.29 is 4.42 Å². The van der Waals surface area contributed by atoms with Crippen LogP contribution in [-0.2, 0) is 13.1 Å². The van der Waals surface area contributed by atoms with Gasteiger partial charge in [0.25, 0.3) is 0 Å². The summed E-state index contributed by atoms with van der Waals surface area (Å²) in [5, 5.41) is 5.19. The Morgan fingerprint density at radius 3 is 2.85 bits per heavy atom. The van der Waals surface area contributed by atoms with Crippen LogP contribution in [-0.4, -0.2) is 24.0 Å². The van der Waals surface area contributed by atoms with Gasteiger partial charge in [-0.1, -0.05) is 41.9 Å². The molecule has 0 amide bonds. The third-order valence-electron chi connectivity index (χ3n) is 5.21. The SMILES string of the molecule is Cc1cc2oc(=O)cc(CN[C@@H]3CCN(Cc4ccccc4)C3)c2cc1Cl. The van der Waals surface area contributed by atoms with Crippen LogP contribution >= 0.6 is 11.6 Å². The minimum atomic E-state index is -0.321. The van der Waals surface area contributed by atoms with Crippen LogP contribution in [0.1, 0.15) is 23.1 Å². The van der Waals surface area contributed by atoms with Crippen molar-refractivity contribution >= 4 is 22.6 Å². The van der Waals surface area contributed by atoms with Gasteiger partial charge in [0, 0.05) is 48.7 Å². The second-order valence-electron chi connectivity index (χ2n) is 7.28. The Hall–Kier alpha value is -2.14. The molecule has 1 saturated heterocycles. The van der Waals surface area contributed by atoms with E-state index in [1.165, 1.54) is 5.56 Å². The van der Waals surface area contributed by atoms with Gasteiger partial charge < -0.3 is 9.73 Å². The first-order chi connectivity index (χ1) is 13.1. The van der Waals surface area contributed by atoms with Crippen LogP contribution in [0.2, 0.25) is 5.02 Å². The number of rotatable bonds is 5. The highest BCUT2D eigenvalue weighted by Crippen LogP contribution is 2.25. The van der Waals surface area contributed by atoms with E-state index in [4.69, 9.17) is 16.0 Å². The molecule has 1 fully saturated rings. The summed E-state index contributed by atoms with van der Waals surface area (Å²) in [6.45, 7) is 5.60. The molecule has 1 aliphatic rings. The van der Waals surface area contributed by atoms with Crippen molar-refractivity contribution in [2.45, 2.75) is 32.5 Å². The van der Waals surface area contributed by atoms with E-state index in [2.05, 4.69) is 34.5 Å². The lowest BCUT2D eigenvalue weighted by Gasteiger charge is -2.17. The van der Waals surface area contributed by atoms with Gasteiger partial charge in [-0.3, -0.25) is 4.90 Å². The molecule has 1 atom stereocenters. The predicted octanol–water partition coefficient (Wildman–Crippen LogP) is 4.12. The van der Waals surface area contributed by atoms with Crippen molar-refractivity contribution in [3.63, 3.8) is 0 Å². The van der Waals surface area contributed by atoms with E-state index in [9.17, 15) is 4.79 Å². The second-order valence-corrected chi connectivity index (χ2v) is 7.68. The summed E-state index contributed by atoms with van der Waals surface area (Å²) in [5.74, 6) is 0. The Balaban J connectivity index is 1.43. The maximum atomic E-state index is 11.9. The highest BCUT2D eigenvalue weighted by molar-refractivity contribution is 6.32. The van der Waals surface area contributed by atoms with Crippen molar-refractivity contribution in [2.24, 2.45) is 0 Å². The number of benzene rings is 2. The zero-order valence-electron chi connectivity index (χ0n) is 15.4. The van der Waals surface area contributed by atoms with E-state index in [1.54, 1.807) is 6.07 Å². The third kappa shape index (κ3) is 4.24. The van der Waals surface area contributed by atoms with E-state index in [-0.39, 0.29) is 5.63 Å². The standard InChI is InChI=1S/C22H23ClN2O2/c1-15-9-21-19(11-20(15)23)17(10-22(26)27-21)12-24-18-7-8-25(14-18)13-16-5-3-2-4-6-16/h2-6,9-11,18,24H,7-8,12-14H2,1H3/t18-/m1/s1. The van der Waals surface area contributed by atoms with Gasteiger partial charge in [0.2, 0.25) is 0 Å². The van der Waals surface area contributed by atoms with Crippen molar-refractivity contribution in [2.75, 3.05) is 13.1 Å². The lowest BCUT2D eigenvalue weighted by atomic mass is 10.1. The third-order valence-corrected chi connectivity index (χ3v) is 5.62. The average Bonchev–Trinajstić information content (AvgIpc) is 3.09. The van der Waals surface area contributed by atoms with E-state index in [0.29, 0.717) is 23.2 Å². The van der Waals surface area contributed by atoms with Gasteiger partial charge in [0.1, 0.15) is 5.58 Å². The highest BCUT2D eigenvalue weighted by Gasteiger charge is 2.22. The molecular formula is C22H23ClN2O2. The summed E-state index contributed by atoms with van der Waals surface area (Å²) in [4.78, 5) is 14.4. The number of hydrogen-bond acceptors (Lipinski definition) is 4. The molecule has 0 unspecified atom stereocenters. The fourth-order valence-corrected chi connectivity index (χ4v) is 3.90. The maximum absolute atomic E-state index is 11.9. The quantitative estimate of drug-likeness (QED) is 0.674. The number of nitrogens with zero attached hydrogens (tertiary/aromatic N) is 1. The molecule has 0 bridgehead atoms. The number of aryl methyl sites for hydroxylation is 1. The van der Waals surface area contributed by atoms with Gasteiger partial charge in [0.05, 0.1) is 0 Å². The Morgan fingerprint density at radius 1 is 1.22 bits per heavy atom. The number of nitrogens with one attached hydrogen (secondary N) is 1. The molecule has 0 spiro atoms. The Bertz CT molecular complexity index is 1000. The van der Waals surface area contributed by atoms with Crippen LogP contribution in [0.3, 0.4) is 0 Å². The Morgan fingerprint density at radius 2 is 2.04 bits per heavy atom. The molecule has 4 nitrogen and oxygen atoms in total. The fourth-order valence-electron chi connectivity index (χ4n) is 3.73. The molecule has 1 aromatic heterocycles. The molecule has 2 heterocycles. The van der Waals surface area contributed by atoms with Crippen molar-refractivity contribution in [3.05, 3.63) is 80.7 Å². The van der Waals surface area contributed by atoms with Crippen LogP contribution < -0.4 is 10.9 Å². The number of fused-ring (bicyclic) bond motifs is 1. The van der Waals surface area contributed by atoms with Crippen molar-refractivity contribution in [1.82, 2.24) is 10.2 Å². The first-order valence-electron chi connectivity index (χ1n) is 9.31. The molecule has 4 rings (SSSR count). The molecule has 2 aromatic carbocycles. The predicted molar refractivity (Wildman–Crippen MR) is 109 cm³/mol. The van der Waals surface area contributed by atoms with Crippen LogP contribution in [0, 0.1) is 6.92 Å². The molecule has 140 valence electrons. The Kier molecular flexibility index (Phi) is 5.30. The normalized spacial score (nSPS) is 17.6. The summed E-state index contributed by atoms with van der Waals surface area (Å²) in [6, 6.07) is 16.3. The summed E-state index contributed by atoms with van der Waals surface area (Å²) in [7, 11) is 0. The highest BCUT2D eigenvalue weighted by atomic mass is 35.5. The summed E-state index contributed by atoms with van der Waals surface area (Å²) in [6.07, 6.45) is 1.10. The molecule has 1 aliphatic heterocycles. The molecule has 1 N–H and O–H groups in total. The average molecular weight is 383 g/mol. The van der Waals surface area contributed by atoms with E-state index >= 15 is 0 Å². The monoisotopic (exact) mass is 382 g/mol. The van der Waals surface area contributed by atoms with E-state index < -0.39 is 0 Å². The van der Waals surface area contributed by atoms with Crippen molar-refractivity contribution in [3.8, 4) is 0 Å². The lowest BCUT2D eigenvalue weighted by molar-refractivity contribution is 0.320. The number of likely N-dealkylation sites (tertiary alicyclic amines) is 1. The molecular weight excluding hydrogens is 360 g/mol. The summed E-state index contributed by atoms with van der Waals surface area (Å²) >= 11 is 6.28. The minimum Gasteiger partial charge on any atom is -0.423 e. The molecule has 3 aromatic rings. The van der Waals surface area contributed by atoms with Crippen LogP contribution in [0.5, 0.6) is 0 Å². The van der Waals surface area contributed by atoms with Gasteiger partial charge in [0.15, 0.2) is 0 Å². The summed E-state index contributed by atoms with van der Waals surface area (Å²) < 4.78 is 5.34.